The summed E-state index contributed by atoms with van der Waals surface area (Å²) in [6, 6.07) is 9.02. The minimum Gasteiger partial charge on any atom is -0.384 e. The Kier molecular flexibility index (Phi) is 5.05. The second kappa shape index (κ2) is 8.07. The van der Waals surface area contributed by atoms with E-state index in [1.165, 1.54) is 40.3 Å². The molecule has 3 aromatic heterocycles. The van der Waals surface area contributed by atoms with Crippen molar-refractivity contribution in [2.45, 2.75) is 23.8 Å². The molecule has 12 heteroatoms. The van der Waals surface area contributed by atoms with Crippen LogP contribution >= 0.6 is 11.3 Å². The summed E-state index contributed by atoms with van der Waals surface area (Å²) < 4.78 is 61.0. The lowest BCUT2D eigenvalue weighted by atomic mass is 10.0. The standard InChI is InChI=1S/C24H17F2N5O3S2/c25-16-4-6-18(30-36(33,34)14-3-5-17-20(8-14)35-11-29-17)23(26)22(16)15-7-12-10-28-21(27)9-19(12)31(24(15)32)13-1-2-13/h3-11,13,30H,1-2H2,(H2,27,28). The third-order valence-corrected chi connectivity index (χ3v) is 8.23. The van der Waals surface area contributed by atoms with E-state index in [1.807, 2.05) is 0 Å². The van der Waals surface area contributed by atoms with Crippen molar-refractivity contribution in [3.8, 4) is 11.1 Å². The number of pyridine rings is 2. The minimum absolute atomic E-state index is 0.102. The van der Waals surface area contributed by atoms with Gasteiger partial charge in [-0.2, -0.15) is 0 Å². The highest BCUT2D eigenvalue weighted by Gasteiger charge is 2.30. The summed E-state index contributed by atoms with van der Waals surface area (Å²) in [6.07, 6.45) is 2.93. The third-order valence-electron chi connectivity index (χ3n) is 6.07. The number of hydrogen-bond acceptors (Lipinski definition) is 7. The number of halogens is 2. The van der Waals surface area contributed by atoms with Crippen molar-refractivity contribution in [3.63, 3.8) is 0 Å². The Bertz CT molecular complexity index is 1860. The van der Waals surface area contributed by atoms with Gasteiger partial charge in [0, 0.05) is 23.7 Å². The lowest BCUT2D eigenvalue weighted by molar-refractivity contribution is 0.587. The van der Waals surface area contributed by atoms with Crippen LogP contribution in [0.15, 0.2) is 63.9 Å². The summed E-state index contributed by atoms with van der Waals surface area (Å²) in [5.74, 6) is -1.97. The Balaban J connectivity index is 1.49. The molecule has 8 nitrogen and oxygen atoms in total. The van der Waals surface area contributed by atoms with E-state index in [9.17, 15) is 17.6 Å². The minimum atomic E-state index is -4.22. The largest absolute Gasteiger partial charge is 0.384 e. The highest BCUT2D eigenvalue weighted by molar-refractivity contribution is 7.92. The molecule has 2 aromatic carbocycles. The summed E-state index contributed by atoms with van der Waals surface area (Å²) in [5, 5.41) is 0.480. The maximum atomic E-state index is 15.7. The van der Waals surface area contributed by atoms with Gasteiger partial charge >= 0.3 is 0 Å². The van der Waals surface area contributed by atoms with Gasteiger partial charge in [-0.15, -0.1) is 11.3 Å². The molecule has 1 aliphatic rings. The van der Waals surface area contributed by atoms with E-state index in [2.05, 4.69) is 14.7 Å². The number of sulfonamides is 1. The second-order valence-corrected chi connectivity index (χ2v) is 11.1. The van der Waals surface area contributed by atoms with Crippen molar-refractivity contribution in [2.75, 3.05) is 10.5 Å². The van der Waals surface area contributed by atoms with Gasteiger partial charge in [0.15, 0.2) is 5.82 Å². The molecule has 36 heavy (non-hydrogen) atoms. The predicted octanol–water partition coefficient (Wildman–Crippen LogP) is 4.67. The highest BCUT2D eigenvalue weighted by atomic mass is 32.2. The zero-order chi connectivity index (χ0) is 25.2. The molecule has 182 valence electrons. The van der Waals surface area contributed by atoms with Crippen molar-refractivity contribution in [1.29, 1.82) is 0 Å². The van der Waals surface area contributed by atoms with Crippen molar-refractivity contribution in [1.82, 2.24) is 14.5 Å². The number of aromatic nitrogens is 3. The first-order valence-corrected chi connectivity index (χ1v) is 13.2. The van der Waals surface area contributed by atoms with E-state index in [0.717, 1.165) is 25.0 Å². The molecule has 0 saturated heterocycles. The molecule has 0 unspecified atom stereocenters. The number of hydrogen-bond donors (Lipinski definition) is 2. The number of nitrogens with one attached hydrogen (secondary N) is 1. The topological polar surface area (TPSA) is 120 Å². The first-order valence-electron chi connectivity index (χ1n) is 10.9. The van der Waals surface area contributed by atoms with Crippen molar-refractivity contribution in [3.05, 3.63) is 76.2 Å². The third kappa shape index (κ3) is 3.69. The summed E-state index contributed by atoms with van der Waals surface area (Å²) in [4.78, 5) is 21.5. The summed E-state index contributed by atoms with van der Waals surface area (Å²) >= 11 is 1.26. The maximum absolute atomic E-state index is 15.7. The average molecular weight is 526 g/mol. The molecule has 0 amide bonds. The van der Waals surface area contributed by atoms with E-state index in [0.29, 0.717) is 21.1 Å². The van der Waals surface area contributed by atoms with Crippen LogP contribution in [0, 0.1) is 11.6 Å². The van der Waals surface area contributed by atoms with Gasteiger partial charge in [-0.1, -0.05) is 0 Å². The average Bonchev–Trinajstić information content (AvgIpc) is 3.56. The van der Waals surface area contributed by atoms with Gasteiger partial charge in [0.25, 0.3) is 15.6 Å². The molecule has 0 aliphatic heterocycles. The Morgan fingerprint density at radius 3 is 2.67 bits per heavy atom. The van der Waals surface area contributed by atoms with Crippen LogP contribution in [0.5, 0.6) is 0 Å². The lowest BCUT2D eigenvalue weighted by Crippen LogP contribution is -2.22. The van der Waals surface area contributed by atoms with E-state index in [1.54, 1.807) is 17.6 Å². The molecule has 3 heterocycles. The van der Waals surface area contributed by atoms with Crippen molar-refractivity contribution in [2.24, 2.45) is 0 Å². The van der Waals surface area contributed by atoms with E-state index < -0.39 is 38.5 Å². The first-order chi connectivity index (χ1) is 17.2. The molecular weight excluding hydrogens is 508 g/mol. The molecule has 5 aromatic rings. The molecular formula is C24H17F2N5O3S2. The number of fused-ring (bicyclic) bond motifs is 2. The SMILES string of the molecule is Nc1cc2c(cn1)cc(-c1c(F)ccc(NS(=O)(=O)c3ccc4ncsc4c3)c1F)c(=O)n2C1CC1. The summed E-state index contributed by atoms with van der Waals surface area (Å²) in [7, 11) is -4.22. The van der Waals surface area contributed by atoms with Gasteiger partial charge in [-0.3, -0.25) is 9.52 Å². The number of benzene rings is 2. The molecule has 1 fully saturated rings. The van der Waals surface area contributed by atoms with Gasteiger partial charge in [0.05, 0.1) is 43.0 Å². The molecule has 0 radical (unpaired) electrons. The maximum Gasteiger partial charge on any atom is 0.262 e. The number of nitrogens with zero attached hydrogens (tertiary/aromatic N) is 3. The summed E-state index contributed by atoms with van der Waals surface area (Å²) in [6.45, 7) is 0. The van der Waals surface area contributed by atoms with E-state index >= 15 is 4.39 Å². The van der Waals surface area contributed by atoms with Crippen molar-refractivity contribution < 1.29 is 17.2 Å². The number of anilines is 2. The monoisotopic (exact) mass is 525 g/mol. The highest BCUT2D eigenvalue weighted by Crippen LogP contribution is 2.38. The summed E-state index contributed by atoms with van der Waals surface area (Å²) in [5.41, 5.74) is 6.61. The van der Waals surface area contributed by atoms with Gasteiger partial charge in [-0.05, 0) is 49.2 Å². The van der Waals surface area contributed by atoms with E-state index in [-0.39, 0.29) is 22.3 Å². The molecule has 0 bridgehead atoms. The molecule has 3 N–H and O–H groups in total. The number of thiazole rings is 1. The zero-order valence-corrected chi connectivity index (χ0v) is 20.0. The lowest BCUT2D eigenvalue weighted by Gasteiger charge is -2.15. The van der Waals surface area contributed by atoms with Crippen LogP contribution in [0.1, 0.15) is 18.9 Å². The molecule has 6 rings (SSSR count). The van der Waals surface area contributed by atoms with Gasteiger partial charge in [0.1, 0.15) is 11.6 Å². The predicted molar refractivity (Wildman–Crippen MR) is 134 cm³/mol. The van der Waals surface area contributed by atoms with Crippen LogP contribution in [0.2, 0.25) is 0 Å². The number of nitrogens with two attached hydrogens (primary N) is 1. The Morgan fingerprint density at radius 1 is 1.08 bits per heavy atom. The van der Waals surface area contributed by atoms with E-state index in [4.69, 9.17) is 5.73 Å². The Hall–Kier alpha value is -3.90. The van der Waals surface area contributed by atoms with Crippen molar-refractivity contribution >= 4 is 54.0 Å². The molecule has 1 aliphatic carbocycles. The fourth-order valence-corrected chi connectivity index (χ4v) is 6.08. The van der Waals surface area contributed by atoms with Crippen LogP contribution in [0.25, 0.3) is 32.2 Å². The first kappa shape index (κ1) is 22.6. The van der Waals surface area contributed by atoms with Crippen LogP contribution in [0.4, 0.5) is 20.3 Å². The van der Waals surface area contributed by atoms with Gasteiger partial charge in [0.2, 0.25) is 0 Å². The molecule has 0 atom stereocenters. The fourth-order valence-electron chi connectivity index (χ4n) is 4.21. The Morgan fingerprint density at radius 2 is 1.89 bits per heavy atom. The smallest absolute Gasteiger partial charge is 0.262 e. The Labute approximate surface area is 207 Å². The fraction of sp³-hybridized carbons (Fsp3) is 0.125. The van der Waals surface area contributed by atoms with Gasteiger partial charge < -0.3 is 10.3 Å². The number of nitrogen functional groups attached to an aromatic ring is 1. The molecule has 0 spiro atoms. The van der Waals surface area contributed by atoms with Crippen LogP contribution in [-0.2, 0) is 10.0 Å². The molecule has 1 saturated carbocycles. The van der Waals surface area contributed by atoms with Crippen LogP contribution < -0.4 is 16.0 Å². The second-order valence-electron chi connectivity index (χ2n) is 8.50. The number of rotatable bonds is 5. The van der Waals surface area contributed by atoms with Crippen LogP contribution in [-0.4, -0.2) is 23.0 Å². The quantitative estimate of drug-likeness (QED) is 0.344. The zero-order valence-electron chi connectivity index (χ0n) is 18.4. The van der Waals surface area contributed by atoms with Gasteiger partial charge in [-0.25, -0.2) is 27.2 Å². The van der Waals surface area contributed by atoms with Crippen LogP contribution in [0.3, 0.4) is 0 Å². The normalized spacial score (nSPS) is 13.9.